The molecule has 0 amide bonds. The fourth-order valence-electron chi connectivity index (χ4n) is 1.39. The molecule has 1 heterocycles. The number of benzene rings is 1. The third kappa shape index (κ3) is 2.83. The molecule has 84 valence electrons. The number of hydrogen-bond donors (Lipinski definition) is 1. The second-order valence-corrected chi connectivity index (χ2v) is 5.60. The Kier molecular flexibility index (Phi) is 3.97. The highest BCUT2D eigenvalue weighted by Crippen LogP contribution is 2.27. The quantitative estimate of drug-likeness (QED) is 0.933. The van der Waals surface area contributed by atoms with Crippen LogP contribution in [0.15, 0.2) is 34.4 Å². The molecule has 1 aromatic heterocycles. The third-order valence-corrected chi connectivity index (χ3v) is 3.93. The standard InChI is InChI=1S/C11H9BrClNOS/c12-8-2-1-7(9(13)4-8)3-10(15)11-5-14-6-16-11/h1-2,4-6,10,15H,3H2. The highest BCUT2D eigenvalue weighted by molar-refractivity contribution is 9.10. The van der Waals surface area contributed by atoms with E-state index < -0.39 is 6.10 Å². The van der Waals surface area contributed by atoms with Crippen LogP contribution in [0.4, 0.5) is 0 Å². The van der Waals surface area contributed by atoms with E-state index in [-0.39, 0.29) is 0 Å². The topological polar surface area (TPSA) is 33.1 Å². The van der Waals surface area contributed by atoms with E-state index in [2.05, 4.69) is 20.9 Å². The molecule has 0 fully saturated rings. The smallest absolute Gasteiger partial charge is 0.0938 e. The van der Waals surface area contributed by atoms with Crippen molar-refractivity contribution in [2.75, 3.05) is 0 Å². The van der Waals surface area contributed by atoms with Gasteiger partial charge in [0.05, 0.1) is 16.5 Å². The normalized spacial score (nSPS) is 12.7. The first-order chi connectivity index (χ1) is 7.66. The SMILES string of the molecule is OC(Cc1ccc(Br)cc1Cl)c1cncs1. The van der Waals surface area contributed by atoms with Crippen LogP contribution in [0, 0.1) is 0 Å². The Labute approximate surface area is 111 Å². The van der Waals surface area contributed by atoms with E-state index in [1.165, 1.54) is 11.3 Å². The average molecular weight is 319 g/mol. The van der Waals surface area contributed by atoms with E-state index in [9.17, 15) is 5.11 Å². The summed E-state index contributed by atoms with van der Waals surface area (Å²) in [4.78, 5) is 4.80. The minimum absolute atomic E-state index is 0.508. The molecule has 0 aliphatic heterocycles. The maximum Gasteiger partial charge on any atom is 0.0938 e. The molecule has 1 unspecified atom stereocenters. The molecule has 2 nitrogen and oxygen atoms in total. The molecular weight excluding hydrogens is 310 g/mol. The summed E-state index contributed by atoms with van der Waals surface area (Å²) in [6, 6.07) is 5.66. The van der Waals surface area contributed by atoms with Gasteiger partial charge in [0, 0.05) is 22.1 Å². The summed E-state index contributed by atoms with van der Waals surface area (Å²) in [6.07, 6.45) is 1.65. The van der Waals surface area contributed by atoms with Gasteiger partial charge in [-0.25, -0.2) is 0 Å². The highest BCUT2D eigenvalue weighted by Gasteiger charge is 2.12. The second-order valence-electron chi connectivity index (χ2n) is 3.36. The summed E-state index contributed by atoms with van der Waals surface area (Å²) in [5.74, 6) is 0. The summed E-state index contributed by atoms with van der Waals surface area (Å²) < 4.78 is 0.938. The van der Waals surface area contributed by atoms with Crippen LogP contribution in [0.3, 0.4) is 0 Å². The number of hydrogen-bond acceptors (Lipinski definition) is 3. The first kappa shape index (κ1) is 12.0. The van der Waals surface area contributed by atoms with Crippen LogP contribution in [0.2, 0.25) is 5.02 Å². The average Bonchev–Trinajstić information content (AvgIpc) is 2.75. The van der Waals surface area contributed by atoms with Crippen LogP contribution in [0.25, 0.3) is 0 Å². The number of thiazole rings is 1. The van der Waals surface area contributed by atoms with Gasteiger partial charge in [0.1, 0.15) is 0 Å². The van der Waals surface area contributed by atoms with Gasteiger partial charge < -0.3 is 5.11 Å². The molecule has 1 N–H and O–H groups in total. The van der Waals surface area contributed by atoms with Gasteiger partial charge >= 0.3 is 0 Å². The molecule has 5 heteroatoms. The van der Waals surface area contributed by atoms with Crippen molar-refractivity contribution >= 4 is 38.9 Å². The Morgan fingerprint density at radius 3 is 2.94 bits per heavy atom. The van der Waals surface area contributed by atoms with Crippen LogP contribution >= 0.6 is 38.9 Å². The maximum atomic E-state index is 9.96. The molecule has 0 radical (unpaired) electrons. The summed E-state index contributed by atoms with van der Waals surface area (Å²) >= 11 is 10.9. The lowest BCUT2D eigenvalue weighted by Crippen LogP contribution is -2.00. The van der Waals surface area contributed by atoms with Crippen LogP contribution < -0.4 is 0 Å². The zero-order valence-corrected chi connectivity index (χ0v) is 11.4. The maximum absolute atomic E-state index is 9.96. The molecule has 16 heavy (non-hydrogen) atoms. The minimum Gasteiger partial charge on any atom is -0.387 e. The van der Waals surface area contributed by atoms with Gasteiger partial charge in [0.25, 0.3) is 0 Å². The summed E-state index contributed by atoms with van der Waals surface area (Å²) in [7, 11) is 0. The molecule has 0 bridgehead atoms. The van der Waals surface area contributed by atoms with E-state index in [1.54, 1.807) is 11.7 Å². The van der Waals surface area contributed by atoms with Crippen molar-refractivity contribution in [2.45, 2.75) is 12.5 Å². The molecule has 2 aromatic rings. The van der Waals surface area contributed by atoms with E-state index in [0.29, 0.717) is 11.4 Å². The van der Waals surface area contributed by atoms with Gasteiger partial charge in [-0.1, -0.05) is 33.6 Å². The summed E-state index contributed by atoms with van der Waals surface area (Å²) in [5.41, 5.74) is 2.65. The molecule has 1 aromatic carbocycles. The Morgan fingerprint density at radius 1 is 1.50 bits per heavy atom. The molecule has 0 aliphatic carbocycles. The zero-order chi connectivity index (χ0) is 11.5. The van der Waals surface area contributed by atoms with Gasteiger partial charge in [-0.15, -0.1) is 11.3 Å². The molecule has 0 spiro atoms. The molecular formula is C11H9BrClNOS. The molecule has 2 rings (SSSR count). The van der Waals surface area contributed by atoms with Crippen molar-refractivity contribution in [3.8, 4) is 0 Å². The Hall–Kier alpha value is -0.420. The summed E-state index contributed by atoms with van der Waals surface area (Å²) in [6.45, 7) is 0. The van der Waals surface area contributed by atoms with Gasteiger partial charge in [-0.2, -0.15) is 0 Å². The van der Waals surface area contributed by atoms with E-state index >= 15 is 0 Å². The number of nitrogens with zero attached hydrogens (tertiary/aromatic N) is 1. The van der Waals surface area contributed by atoms with E-state index in [1.807, 2.05) is 18.2 Å². The highest BCUT2D eigenvalue weighted by atomic mass is 79.9. The summed E-state index contributed by atoms with van der Waals surface area (Å²) in [5, 5.41) is 10.6. The van der Waals surface area contributed by atoms with Gasteiger partial charge in [0.2, 0.25) is 0 Å². The lowest BCUT2D eigenvalue weighted by Gasteiger charge is -2.09. The Morgan fingerprint density at radius 2 is 2.31 bits per heavy atom. The number of aromatic nitrogens is 1. The Bertz CT molecular complexity index is 475. The largest absolute Gasteiger partial charge is 0.387 e. The van der Waals surface area contributed by atoms with Crippen molar-refractivity contribution in [3.05, 3.63) is 49.8 Å². The number of aliphatic hydroxyl groups excluding tert-OH is 1. The molecule has 1 atom stereocenters. The number of halogens is 2. The van der Waals surface area contributed by atoms with E-state index in [4.69, 9.17) is 11.6 Å². The van der Waals surface area contributed by atoms with Crippen LogP contribution in [-0.2, 0) is 6.42 Å². The first-order valence-electron chi connectivity index (χ1n) is 4.67. The van der Waals surface area contributed by atoms with Crippen LogP contribution in [-0.4, -0.2) is 10.1 Å². The van der Waals surface area contributed by atoms with Crippen molar-refractivity contribution in [1.29, 1.82) is 0 Å². The van der Waals surface area contributed by atoms with Crippen molar-refractivity contribution in [2.24, 2.45) is 0 Å². The van der Waals surface area contributed by atoms with Gasteiger partial charge in [0.15, 0.2) is 0 Å². The minimum atomic E-state index is -0.536. The van der Waals surface area contributed by atoms with Crippen LogP contribution in [0.5, 0.6) is 0 Å². The molecule has 0 saturated carbocycles. The third-order valence-electron chi connectivity index (χ3n) is 2.21. The number of aliphatic hydroxyl groups is 1. The molecule has 0 aliphatic rings. The van der Waals surface area contributed by atoms with Gasteiger partial charge in [-0.3, -0.25) is 4.98 Å². The predicted molar refractivity (Wildman–Crippen MR) is 69.9 cm³/mol. The van der Waals surface area contributed by atoms with Crippen LogP contribution in [0.1, 0.15) is 16.5 Å². The van der Waals surface area contributed by atoms with Crippen molar-refractivity contribution in [3.63, 3.8) is 0 Å². The lowest BCUT2D eigenvalue weighted by atomic mass is 10.1. The van der Waals surface area contributed by atoms with Crippen molar-refractivity contribution in [1.82, 2.24) is 4.98 Å². The fraction of sp³-hybridized carbons (Fsp3) is 0.182. The fourth-order valence-corrected chi connectivity index (χ4v) is 2.74. The second kappa shape index (κ2) is 5.27. The van der Waals surface area contributed by atoms with E-state index in [0.717, 1.165) is 14.9 Å². The zero-order valence-electron chi connectivity index (χ0n) is 8.23. The first-order valence-corrected chi connectivity index (χ1v) is 6.72. The predicted octanol–water partition coefficient (Wildman–Crippen LogP) is 3.84. The van der Waals surface area contributed by atoms with Gasteiger partial charge in [-0.05, 0) is 17.7 Å². The lowest BCUT2D eigenvalue weighted by molar-refractivity contribution is 0.182. The molecule has 0 saturated heterocycles. The number of rotatable bonds is 3. The van der Waals surface area contributed by atoms with Crippen molar-refractivity contribution < 1.29 is 5.11 Å². The monoisotopic (exact) mass is 317 g/mol. The Balaban J connectivity index is 2.15.